The van der Waals surface area contributed by atoms with Crippen molar-refractivity contribution in [3.8, 4) is 5.69 Å². The molecule has 2 aromatic rings. The molecular formula is C19H24ClN3O2. The van der Waals surface area contributed by atoms with E-state index in [1.165, 1.54) is 0 Å². The Bertz CT molecular complexity index is 751. The molecule has 134 valence electrons. The van der Waals surface area contributed by atoms with Crippen molar-refractivity contribution in [2.24, 2.45) is 0 Å². The van der Waals surface area contributed by atoms with Gasteiger partial charge in [-0.2, -0.15) is 5.10 Å². The van der Waals surface area contributed by atoms with Crippen molar-refractivity contribution < 1.29 is 9.53 Å². The predicted octanol–water partition coefficient (Wildman–Crippen LogP) is 3.70. The monoisotopic (exact) mass is 361 g/mol. The molecule has 1 fully saturated rings. The smallest absolute Gasteiger partial charge is 0.255 e. The lowest BCUT2D eigenvalue weighted by atomic mass is 10.1. The minimum absolute atomic E-state index is 0.0882. The van der Waals surface area contributed by atoms with Crippen molar-refractivity contribution >= 4 is 17.5 Å². The van der Waals surface area contributed by atoms with E-state index in [9.17, 15) is 4.79 Å². The largest absolute Gasteiger partial charge is 0.376 e. The van der Waals surface area contributed by atoms with Gasteiger partial charge in [-0.25, -0.2) is 4.68 Å². The van der Waals surface area contributed by atoms with Gasteiger partial charge in [0.25, 0.3) is 5.91 Å². The maximum absolute atomic E-state index is 12.8. The number of rotatable bonds is 6. The zero-order valence-corrected chi connectivity index (χ0v) is 15.5. The van der Waals surface area contributed by atoms with Gasteiger partial charge in [-0.05, 0) is 38.3 Å². The van der Waals surface area contributed by atoms with Crippen molar-refractivity contribution in [3.05, 3.63) is 46.2 Å². The van der Waals surface area contributed by atoms with Gasteiger partial charge in [-0.3, -0.25) is 4.79 Å². The number of hydrogen-bond donors (Lipinski definition) is 1. The number of amides is 1. The molecular weight excluding hydrogens is 338 g/mol. The Balaban J connectivity index is 1.89. The number of halogens is 1. The Hall–Kier alpha value is -1.85. The normalized spacial score (nSPS) is 17.0. The summed E-state index contributed by atoms with van der Waals surface area (Å²) in [6.45, 7) is 5.32. The summed E-state index contributed by atoms with van der Waals surface area (Å²) in [7, 11) is 0. The highest BCUT2D eigenvalue weighted by Gasteiger charge is 2.23. The Labute approximate surface area is 153 Å². The van der Waals surface area contributed by atoms with Crippen molar-refractivity contribution in [3.63, 3.8) is 0 Å². The number of benzene rings is 1. The number of ether oxygens (including phenoxy) is 1. The highest BCUT2D eigenvalue weighted by molar-refractivity contribution is 6.32. The summed E-state index contributed by atoms with van der Waals surface area (Å²) < 4.78 is 7.36. The van der Waals surface area contributed by atoms with Crippen LogP contribution in [0.1, 0.15) is 47.9 Å². The van der Waals surface area contributed by atoms with Crippen molar-refractivity contribution in [1.29, 1.82) is 0 Å². The van der Waals surface area contributed by atoms with E-state index in [0.717, 1.165) is 49.4 Å². The first kappa shape index (κ1) is 18.0. The van der Waals surface area contributed by atoms with Gasteiger partial charge >= 0.3 is 0 Å². The number of hydrogen-bond acceptors (Lipinski definition) is 3. The molecule has 2 heterocycles. The number of para-hydroxylation sites is 1. The second-order valence-corrected chi connectivity index (χ2v) is 6.77. The Morgan fingerprint density at radius 1 is 1.44 bits per heavy atom. The number of carbonyl (C=O) groups excluding carboxylic acids is 1. The summed E-state index contributed by atoms with van der Waals surface area (Å²) in [4.78, 5) is 12.8. The standard InChI is InChI=1S/C19H24ClN3O2/c1-3-7-16-18(19(24)21-12-14-8-6-11-25-14)13(2)23(22-16)17-10-5-4-9-15(17)20/h4-5,9-10,14H,3,6-8,11-12H2,1-2H3,(H,21,24)/t14-/m0/s1. The summed E-state index contributed by atoms with van der Waals surface area (Å²) in [5.41, 5.74) is 3.06. The molecule has 0 radical (unpaired) electrons. The van der Waals surface area contributed by atoms with Crippen LogP contribution in [0.15, 0.2) is 24.3 Å². The van der Waals surface area contributed by atoms with Crippen LogP contribution < -0.4 is 5.32 Å². The quantitative estimate of drug-likeness (QED) is 0.853. The molecule has 1 N–H and O–H groups in total. The molecule has 0 saturated carbocycles. The fraction of sp³-hybridized carbons (Fsp3) is 0.474. The summed E-state index contributed by atoms with van der Waals surface area (Å²) >= 11 is 6.32. The van der Waals surface area contributed by atoms with Gasteiger partial charge in [-0.1, -0.05) is 37.1 Å². The predicted molar refractivity (Wildman–Crippen MR) is 98.6 cm³/mol. The average Bonchev–Trinajstić information content (AvgIpc) is 3.22. The van der Waals surface area contributed by atoms with Crippen LogP contribution in [0.5, 0.6) is 0 Å². The molecule has 0 bridgehead atoms. The van der Waals surface area contributed by atoms with Gasteiger partial charge in [0.15, 0.2) is 0 Å². The number of aryl methyl sites for hydroxylation is 1. The maximum atomic E-state index is 12.8. The zero-order valence-electron chi connectivity index (χ0n) is 14.7. The molecule has 1 aliphatic rings. The number of nitrogens with one attached hydrogen (secondary N) is 1. The first-order valence-electron chi connectivity index (χ1n) is 8.85. The third-order valence-corrected chi connectivity index (χ3v) is 4.82. The summed E-state index contributed by atoms with van der Waals surface area (Å²) in [6, 6.07) is 7.53. The minimum atomic E-state index is -0.0882. The number of nitrogens with zero attached hydrogens (tertiary/aromatic N) is 2. The molecule has 1 aromatic carbocycles. The summed E-state index contributed by atoms with van der Waals surface area (Å²) in [5.74, 6) is -0.0882. The fourth-order valence-corrected chi connectivity index (χ4v) is 3.44. The van der Waals surface area contributed by atoms with Gasteiger partial charge < -0.3 is 10.1 Å². The molecule has 25 heavy (non-hydrogen) atoms. The molecule has 1 amide bonds. The number of aromatic nitrogens is 2. The summed E-state index contributed by atoms with van der Waals surface area (Å²) in [6.07, 6.45) is 3.86. The van der Waals surface area contributed by atoms with Crippen molar-refractivity contribution in [1.82, 2.24) is 15.1 Å². The highest BCUT2D eigenvalue weighted by atomic mass is 35.5. The van der Waals surface area contributed by atoms with Crippen LogP contribution in [0.2, 0.25) is 5.02 Å². The van der Waals surface area contributed by atoms with Crippen LogP contribution in [0.3, 0.4) is 0 Å². The van der Waals surface area contributed by atoms with E-state index < -0.39 is 0 Å². The minimum Gasteiger partial charge on any atom is -0.376 e. The SMILES string of the molecule is CCCc1nn(-c2ccccc2Cl)c(C)c1C(=O)NC[C@@H]1CCCO1. The molecule has 1 aliphatic heterocycles. The second-order valence-electron chi connectivity index (χ2n) is 6.37. The van der Waals surface area contributed by atoms with Gasteiger partial charge in [0.1, 0.15) is 0 Å². The first-order valence-corrected chi connectivity index (χ1v) is 9.22. The molecule has 1 aromatic heterocycles. The van der Waals surface area contributed by atoms with E-state index in [2.05, 4.69) is 17.3 Å². The first-order chi connectivity index (χ1) is 12.1. The van der Waals surface area contributed by atoms with Gasteiger partial charge in [-0.15, -0.1) is 0 Å². The molecule has 5 nitrogen and oxygen atoms in total. The van der Waals surface area contributed by atoms with Crippen molar-refractivity contribution in [2.75, 3.05) is 13.2 Å². The fourth-order valence-electron chi connectivity index (χ4n) is 3.23. The summed E-state index contributed by atoms with van der Waals surface area (Å²) in [5, 5.41) is 8.29. The molecule has 6 heteroatoms. The third kappa shape index (κ3) is 3.88. The second kappa shape index (κ2) is 8.02. The molecule has 1 atom stereocenters. The Morgan fingerprint density at radius 3 is 2.92 bits per heavy atom. The Morgan fingerprint density at radius 2 is 2.24 bits per heavy atom. The highest BCUT2D eigenvalue weighted by Crippen LogP contribution is 2.25. The van der Waals surface area contributed by atoms with Gasteiger partial charge in [0.2, 0.25) is 0 Å². The van der Waals surface area contributed by atoms with Crippen LogP contribution in [0, 0.1) is 6.92 Å². The van der Waals surface area contributed by atoms with E-state index in [1.807, 2.05) is 31.2 Å². The van der Waals surface area contributed by atoms with Crippen molar-refractivity contribution in [2.45, 2.75) is 45.6 Å². The van der Waals surface area contributed by atoms with Crippen LogP contribution >= 0.6 is 11.6 Å². The number of carbonyl (C=O) groups is 1. The average molecular weight is 362 g/mol. The molecule has 0 spiro atoms. The lowest BCUT2D eigenvalue weighted by Gasteiger charge is -2.11. The van der Waals surface area contributed by atoms with Gasteiger partial charge in [0, 0.05) is 13.2 Å². The topological polar surface area (TPSA) is 56.2 Å². The van der Waals surface area contributed by atoms with E-state index in [1.54, 1.807) is 4.68 Å². The van der Waals surface area contributed by atoms with Crippen LogP contribution in [0.25, 0.3) is 5.69 Å². The molecule has 0 aliphatic carbocycles. The zero-order chi connectivity index (χ0) is 17.8. The van der Waals surface area contributed by atoms with E-state index >= 15 is 0 Å². The van der Waals surface area contributed by atoms with E-state index in [0.29, 0.717) is 17.1 Å². The van der Waals surface area contributed by atoms with E-state index in [-0.39, 0.29) is 12.0 Å². The maximum Gasteiger partial charge on any atom is 0.255 e. The lowest BCUT2D eigenvalue weighted by molar-refractivity contribution is 0.0856. The van der Waals surface area contributed by atoms with Crippen LogP contribution in [-0.4, -0.2) is 34.9 Å². The molecule has 1 saturated heterocycles. The van der Waals surface area contributed by atoms with Gasteiger partial charge in [0.05, 0.1) is 33.8 Å². The lowest BCUT2D eigenvalue weighted by Crippen LogP contribution is -2.32. The van der Waals surface area contributed by atoms with E-state index in [4.69, 9.17) is 16.3 Å². The van der Waals surface area contributed by atoms with Crippen LogP contribution in [0.4, 0.5) is 0 Å². The molecule has 3 rings (SSSR count). The Kier molecular flexibility index (Phi) is 5.76. The third-order valence-electron chi connectivity index (χ3n) is 4.50. The van der Waals surface area contributed by atoms with Crippen LogP contribution in [-0.2, 0) is 11.2 Å². The molecule has 0 unspecified atom stereocenters.